The van der Waals surface area contributed by atoms with Gasteiger partial charge in [0.15, 0.2) is 6.54 Å². The second-order valence-electron chi connectivity index (χ2n) is 7.10. The number of aryl methyl sites for hydroxylation is 2. The van der Waals surface area contributed by atoms with Gasteiger partial charge in [0.05, 0.1) is 22.0 Å². The summed E-state index contributed by atoms with van der Waals surface area (Å²) >= 11 is 0. The minimum absolute atomic E-state index is 0.0158. The van der Waals surface area contributed by atoms with E-state index in [9.17, 15) is 13.2 Å². The lowest BCUT2D eigenvalue weighted by atomic mass is 10.1. The lowest BCUT2D eigenvalue weighted by Gasteiger charge is -2.19. The van der Waals surface area contributed by atoms with E-state index in [4.69, 9.17) is 0 Å². The minimum atomic E-state index is -3.46. The topological polar surface area (TPSA) is 101 Å². The van der Waals surface area contributed by atoms with Gasteiger partial charge in [-0.2, -0.15) is 9.40 Å². The number of nitrogens with one attached hydrogen (secondary N) is 1. The van der Waals surface area contributed by atoms with Gasteiger partial charge in [0.2, 0.25) is 10.0 Å². The van der Waals surface area contributed by atoms with Crippen LogP contribution < -0.4 is 10.6 Å². The number of sulfonamides is 1. The fourth-order valence-corrected chi connectivity index (χ4v) is 4.68. The Morgan fingerprint density at radius 1 is 1.21 bits per heavy atom. The number of nitrogens with zero attached hydrogens (tertiary/aromatic N) is 3. The third kappa shape index (κ3) is 5.23. The molecule has 0 fully saturated rings. The van der Waals surface area contributed by atoms with Crippen molar-refractivity contribution < 1.29 is 18.5 Å². The predicted octanol–water partition coefficient (Wildman–Crippen LogP) is 1.33. The number of carbonyl (C=O) groups is 1. The van der Waals surface area contributed by atoms with E-state index in [0.29, 0.717) is 13.1 Å². The summed E-state index contributed by atoms with van der Waals surface area (Å²) in [5, 5.41) is 9.14. The minimum Gasteiger partial charge on any atom is -0.333 e. The molecule has 2 aromatic rings. The van der Waals surface area contributed by atoms with Crippen LogP contribution in [0, 0.1) is 13.8 Å². The summed E-state index contributed by atoms with van der Waals surface area (Å²) in [6.07, 6.45) is 0. The molecule has 160 valence electrons. The lowest BCUT2D eigenvalue weighted by molar-refractivity contribution is -0.682. The number of benzene rings is 1. The number of hydrogen-bond acceptors (Lipinski definition) is 4. The first-order valence-corrected chi connectivity index (χ1v) is 11.3. The van der Waals surface area contributed by atoms with Crippen molar-refractivity contribution >= 4 is 21.6 Å². The van der Waals surface area contributed by atoms with Gasteiger partial charge in [-0.1, -0.05) is 26.0 Å². The van der Waals surface area contributed by atoms with Crippen molar-refractivity contribution in [3.05, 3.63) is 41.2 Å². The number of nitrogens with two attached hydrogens (primary N) is 1. The Bertz CT molecular complexity index is 947. The molecule has 8 nitrogen and oxygen atoms in total. The molecular formula is C20H32N5O3S+. The number of aromatic nitrogens is 2. The molecule has 9 heteroatoms. The van der Waals surface area contributed by atoms with E-state index in [1.165, 1.54) is 4.31 Å². The first-order valence-electron chi connectivity index (χ1n) is 9.85. The van der Waals surface area contributed by atoms with Gasteiger partial charge in [-0.05, 0) is 32.9 Å². The van der Waals surface area contributed by atoms with Crippen LogP contribution in [-0.4, -0.2) is 48.0 Å². The molecule has 29 heavy (non-hydrogen) atoms. The van der Waals surface area contributed by atoms with Gasteiger partial charge in [0, 0.05) is 25.7 Å². The molecule has 0 saturated heterocycles. The molecule has 0 unspecified atom stereocenters. The summed E-state index contributed by atoms with van der Waals surface area (Å²) in [5.74, 6) is -0.100. The predicted molar refractivity (Wildman–Crippen MR) is 113 cm³/mol. The second kappa shape index (κ2) is 9.51. The molecule has 0 aliphatic carbocycles. The molecule has 1 heterocycles. The van der Waals surface area contributed by atoms with Crippen LogP contribution in [0.25, 0.3) is 0 Å². The van der Waals surface area contributed by atoms with Crippen LogP contribution in [0.4, 0.5) is 5.69 Å². The van der Waals surface area contributed by atoms with Crippen LogP contribution in [0.5, 0.6) is 0 Å². The highest BCUT2D eigenvalue weighted by Gasteiger charge is 2.22. The summed E-state index contributed by atoms with van der Waals surface area (Å²) in [5.41, 5.74) is 3.42. The third-order valence-corrected chi connectivity index (χ3v) is 7.24. The van der Waals surface area contributed by atoms with E-state index in [2.05, 4.69) is 10.4 Å². The van der Waals surface area contributed by atoms with E-state index >= 15 is 0 Å². The highest BCUT2D eigenvalue weighted by atomic mass is 32.2. The number of anilines is 1. The molecule has 0 radical (unpaired) electrons. The maximum atomic E-state index is 12.6. The van der Waals surface area contributed by atoms with Gasteiger partial charge < -0.3 is 10.6 Å². The van der Waals surface area contributed by atoms with Crippen LogP contribution in [0.2, 0.25) is 0 Å². The summed E-state index contributed by atoms with van der Waals surface area (Å²) in [4.78, 5) is 12.6. The Hall–Kier alpha value is -2.23. The van der Waals surface area contributed by atoms with Crippen molar-refractivity contribution in [2.45, 2.75) is 45.6 Å². The van der Waals surface area contributed by atoms with Gasteiger partial charge in [-0.15, -0.1) is 0 Å². The first kappa shape index (κ1) is 23.1. The fraction of sp³-hybridized carbons (Fsp3) is 0.500. The molecule has 1 amide bonds. The van der Waals surface area contributed by atoms with Crippen molar-refractivity contribution in [1.82, 2.24) is 14.1 Å². The van der Waals surface area contributed by atoms with E-state index in [1.54, 1.807) is 16.8 Å². The number of hydrogen-bond donors (Lipinski definition) is 2. The van der Waals surface area contributed by atoms with Crippen LogP contribution in [-0.2, 0) is 21.9 Å². The number of rotatable bonds is 9. The molecular weight excluding hydrogens is 390 g/mol. The molecule has 0 aliphatic heterocycles. The quantitative estimate of drug-likeness (QED) is 0.637. The zero-order valence-electron chi connectivity index (χ0n) is 18.1. The maximum absolute atomic E-state index is 12.6. The van der Waals surface area contributed by atoms with Gasteiger partial charge in [-0.25, -0.2) is 8.42 Å². The summed E-state index contributed by atoms with van der Waals surface area (Å²) in [6.45, 7) is 10.6. The average molecular weight is 423 g/mol. The number of carbonyl (C=O) groups excluding carboxylic acids is 1. The molecule has 1 atom stereocenters. The Kier molecular flexibility index (Phi) is 7.56. The second-order valence-corrected chi connectivity index (χ2v) is 9.04. The smallest absolute Gasteiger partial charge is 0.279 e. The van der Waals surface area contributed by atoms with Crippen LogP contribution in [0.1, 0.15) is 43.8 Å². The van der Waals surface area contributed by atoms with E-state index < -0.39 is 10.0 Å². The van der Waals surface area contributed by atoms with Crippen molar-refractivity contribution in [3.8, 4) is 0 Å². The van der Waals surface area contributed by atoms with Gasteiger partial charge in [0.25, 0.3) is 5.91 Å². The van der Waals surface area contributed by atoms with E-state index in [-0.39, 0.29) is 23.4 Å². The molecule has 2 rings (SSSR count). The Balaban J connectivity index is 1.99. The summed E-state index contributed by atoms with van der Waals surface area (Å²) < 4.78 is 28.3. The third-order valence-electron chi connectivity index (χ3n) is 5.18. The zero-order valence-corrected chi connectivity index (χ0v) is 18.9. The number of quaternary nitrogens is 1. The Morgan fingerprint density at radius 3 is 2.28 bits per heavy atom. The van der Waals surface area contributed by atoms with Crippen LogP contribution in [0.15, 0.2) is 29.2 Å². The molecule has 0 saturated carbocycles. The Morgan fingerprint density at radius 2 is 1.79 bits per heavy atom. The van der Waals surface area contributed by atoms with Gasteiger partial charge in [-0.3, -0.25) is 9.48 Å². The summed E-state index contributed by atoms with van der Waals surface area (Å²) in [6, 6.07) is 6.91. The molecule has 0 spiro atoms. The highest BCUT2D eigenvalue weighted by Crippen LogP contribution is 2.19. The zero-order chi connectivity index (χ0) is 21.8. The first-order chi connectivity index (χ1) is 13.6. The van der Waals surface area contributed by atoms with Crippen molar-refractivity contribution in [2.75, 3.05) is 25.0 Å². The largest absolute Gasteiger partial charge is 0.333 e. The lowest BCUT2D eigenvalue weighted by Crippen LogP contribution is -2.86. The van der Waals surface area contributed by atoms with Crippen molar-refractivity contribution in [2.24, 2.45) is 7.05 Å². The van der Waals surface area contributed by atoms with Gasteiger partial charge >= 0.3 is 0 Å². The molecule has 1 aromatic carbocycles. The van der Waals surface area contributed by atoms with E-state index in [0.717, 1.165) is 22.6 Å². The molecule has 0 bridgehead atoms. The summed E-state index contributed by atoms with van der Waals surface area (Å²) in [7, 11) is -1.62. The number of amides is 1. The van der Waals surface area contributed by atoms with Gasteiger partial charge in [0.1, 0.15) is 6.04 Å². The SMILES string of the molecule is CCN(CC)S(=O)(=O)c1ccc([C@H](C)[NH2+]CC(=O)Nc2c(C)nn(C)c2C)cc1. The monoisotopic (exact) mass is 422 g/mol. The van der Waals surface area contributed by atoms with Crippen molar-refractivity contribution in [1.29, 1.82) is 0 Å². The molecule has 3 N–H and O–H groups in total. The highest BCUT2D eigenvalue weighted by molar-refractivity contribution is 7.89. The molecule has 1 aromatic heterocycles. The van der Waals surface area contributed by atoms with Crippen LogP contribution in [0.3, 0.4) is 0 Å². The van der Waals surface area contributed by atoms with Crippen molar-refractivity contribution in [3.63, 3.8) is 0 Å². The van der Waals surface area contributed by atoms with E-state index in [1.807, 2.05) is 59.1 Å². The average Bonchev–Trinajstić information content (AvgIpc) is 2.93. The standard InChI is InChI=1S/C20H31N5O3S/c1-7-25(8-2)29(27,28)18-11-9-17(10-12-18)14(3)21-13-19(26)22-20-15(4)23-24(6)16(20)5/h9-12,14,21H,7-8,13H2,1-6H3,(H,22,26)/p+1/t14-/m0/s1. The normalized spacial score (nSPS) is 12.9. The Labute approximate surface area is 173 Å². The van der Waals surface area contributed by atoms with Crippen LogP contribution >= 0.6 is 0 Å². The fourth-order valence-electron chi connectivity index (χ4n) is 3.22. The maximum Gasteiger partial charge on any atom is 0.279 e. The molecule has 0 aliphatic rings.